The average Bonchev–Trinajstić information content (AvgIpc) is 3.28. The van der Waals surface area contributed by atoms with Crippen LogP contribution >= 0.6 is 0 Å². The number of carbonyl (C=O) groups is 1. The molecule has 160 valence electrons. The van der Waals surface area contributed by atoms with E-state index in [0.717, 1.165) is 16.7 Å². The zero-order chi connectivity index (χ0) is 22.4. The standard InChI is InChI=1S/C24H20N4O3S/c29-24(25-23-15-17-28(26-23)22-9-5-2-6-10-22)20-11-13-21(14-12-20)27-32(30,31)18-16-19-7-3-1-4-8-19/h1-18,27H,(H,25,26,29)/b18-16+. The van der Waals surface area contributed by atoms with E-state index in [0.29, 0.717) is 17.1 Å². The molecule has 0 aliphatic rings. The van der Waals surface area contributed by atoms with Crippen LogP contribution in [0.4, 0.5) is 11.5 Å². The lowest BCUT2D eigenvalue weighted by Crippen LogP contribution is -2.13. The van der Waals surface area contributed by atoms with Crippen LogP contribution in [0.15, 0.2) is 103 Å². The smallest absolute Gasteiger partial charge is 0.256 e. The van der Waals surface area contributed by atoms with E-state index in [2.05, 4.69) is 15.1 Å². The molecule has 0 saturated heterocycles. The Morgan fingerprint density at radius 1 is 0.844 bits per heavy atom. The number of para-hydroxylation sites is 1. The van der Waals surface area contributed by atoms with E-state index >= 15 is 0 Å². The Morgan fingerprint density at radius 2 is 1.50 bits per heavy atom. The topological polar surface area (TPSA) is 93.1 Å². The van der Waals surface area contributed by atoms with E-state index in [1.165, 1.54) is 18.2 Å². The van der Waals surface area contributed by atoms with Gasteiger partial charge in [-0.15, -0.1) is 0 Å². The van der Waals surface area contributed by atoms with E-state index in [1.54, 1.807) is 29.1 Å². The van der Waals surface area contributed by atoms with Crippen LogP contribution in [0.1, 0.15) is 15.9 Å². The van der Waals surface area contributed by atoms with Crippen LogP contribution in [0.5, 0.6) is 0 Å². The molecule has 2 N–H and O–H groups in total. The van der Waals surface area contributed by atoms with Crippen molar-refractivity contribution < 1.29 is 13.2 Å². The van der Waals surface area contributed by atoms with Crippen molar-refractivity contribution in [2.75, 3.05) is 10.0 Å². The van der Waals surface area contributed by atoms with E-state index in [1.807, 2.05) is 60.7 Å². The van der Waals surface area contributed by atoms with Crippen LogP contribution in [0.3, 0.4) is 0 Å². The molecule has 1 heterocycles. The molecule has 0 radical (unpaired) electrons. The Kier molecular flexibility index (Phi) is 6.14. The molecule has 3 aromatic carbocycles. The maximum Gasteiger partial charge on any atom is 0.256 e. The minimum absolute atomic E-state index is 0.346. The molecule has 0 atom stereocenters. The summed E-state index contributed by atoms with van der Waals surface area (Å²) in [7, 11) is -3.68. The molecule has 0 fully saturated rings. The zero-order valence-corrected chi connectivity index (χ0v) is 17.7. The highest BCUT2D eigenvalue weighted by atomic mass is 32.2. The van der Waals surface area contributed by atoms with Crippen LogP contribution in [0, 0.1) is 0 Å². The van der Waals surface area contributed by atoms with Gasteiger partial charge in [0, 0.05) is 23.5 Å². The Bertz CT molecular complexity index is 1330. The molecular weight excluding hydrogens is 424 g/mol. The van der Waals surface area contributed by atoms with Crippen molar-refractivity contribution in [3.05, 3.63) is 114 Å². The second-order valence-electron chi connectivity index (χ2n) is 6.87. The van der Waals surface area contributed by atoms with Gasteiger partial charge >= 0.3 is 0 Å². The lowest BCUT2D eigenvalue weighted by Gasteiger charge is -2.06. The lowest BCUT2D eigenvalue weighted by molar-refractivity contribution is 0.102. The highest BCUT2D eigenvalue weighted by molar-refractivity contribution is 7.95. The van der Waals surface area contributed by atoms with Gasteiger partial charge in [0.15, 0.2) is 5.82 Å². The Hall–Kier alpha value is -4.17. The first-order valence-electron chi connectivity index (χ1n) is 9.77. The average molecular weight is 445 g/mol. The van der Waals surface area contributed by atoms with E-state index in [4.69, 9.17) is 0 Å². The van der Waals surface area contributed by atoms with Crippen LogP contribution in [0.2, 0.25) is 0 Å². The number of amides is 1. The van der Waals surface area contributed by atoms with Gasteiger partial charge in [-0.25, -0.2) is 13.1 Å². The third kappa shape index (κ3) is 5.50. The lowest BCUT2D eigenvalue weighted by atomic mass is 10.2. The third-order valence-corrected chi connectivity index (χ3v) is 5.51. The van der Waals surface area contributed by atoms with Gasteiger partial charge in [-0.3, -0.25) is 9.52 Å². The molecule has 1 aromatic heterocycles. The summed E-state index contributed by atoms with van der Waals surface area (Å²) in [6, 6.07) is 26.5. The minimum atomic E-state index is -3.68. The van der Waals surface area contributed by atoms with Gasteiger partial charge in [0.05, 0.1) is 11.1 Å². The Labute approximate surface area is 186 Å². The van der Waals surface area contributed by atoms with Crippen molar-refractivity contribution in [1.82, 2.24) is 9.78 Å². The molecule has 1 amide bonds. The van der Waals surface area contributed by atoms with Crippen molar-refractivity contribution in [3.63, 3.8) is 0 Å². The molecule has 4 aromatic rings. The fraction of sp³-hybridized carbons (Fsp3) is 0. The third-order valence-electron chi connectivity index (χ3n) is 4.50. The number of anilines is 2. The van der Waals surface area contributed by atoms with Gasteiger partial charge in [-0.1, -0.05) is 48.5 Å². The molecule has 7 nitrogen and oxygen atoms in total. The number of benzene rings is 3. The number of hydrogen-bond donors (Lipinski definition) is 2. The fourth-order valence-electron chi connectivity index (χ4n) is 2.92. The summed E-state index contributed by atoms with van der Waals surface area (Å²) in [5.41, 5.74) is 2.39. The number of rotatable bonds is 7. The Morgan fingerprint density at radius 3 is 2.19 bits per heavy atom. The number of carbonyl (C=O) groups excluding carboxylic acids is 1. The number of sulfonamides is 1. The Balaban J connectivity index is 1.38. The largest absolute Gasteiger partial charge is 0.305 e. The first kappa shape index (κ1) is 21.1. The predicted molar refractivity (Wildman–Crippen MR) is 126 cm³/mol. The molecule has 4 rings (SSSR count). The molecule has 0 saturated carbocycles. The minimum Gasteiger partial charge on any atom is -0.305 e. The summed E-state index contributed by atoms with van der Waals surface area (Å²) in [5.74, 6) is 0.0661. The summed E-state index contributed by atoms with van der Waals surface area (Å²) >= 11 is 0. The summed E-state index contributed by atoms with van der Waals surface area (Å²) in [4.78, 5) is 12.5. The summed E-state index contributed by atoms with van der Waals surface area (Å²) in [6.45, 7) is 0. The normalized spacial score (nSPS) is 11.4. The van der Waals surface area contributed by atoms with Crippen LogP contribution < -0.4 is 10.0 Å². The van der Waals surface area contributed by atoms with Gasteiger partial charge in [0.25, 0.3) is 15.9 Å². The van der Waals surface area contributed by atoms with E-state index in [-0.39, 0.29) is 5.91 Å². The first-order chi connectivity index (χ1) is 15.5. The predicted octanol–water partition coefficient (Wildman–Crippen LogP) is 4.54. The van der Waals surface area contributed by atoms with Crippen LogP contribution in [0.25, 0.3) is 11.8 Å². The summed E-state index contributed by atoms with van der Waals surface area (Å²) < 4.78 is 28.7. The second-order valence-corrected chi connectivity index (χ2v) is 8.44. The van der Waals surface area contributed by atoms with Gasteiger partial charge in [0.2, 0.25) is 0 Å². The number of nitrogens with zero attached hydrogens (tertiary/aromatic N) is 2. The van der Waals surface area contributed by atoms with Crippen molar-refractivity contribution >= 4 is 33.5 Å². The van der Waals surface area contributed by atoms with Gasteiger partial charge in [-0.05, 0) is 48.0 Å². The molecule has 0 aliphatic carbocycles. The van der Waals surface area contributed by atoms with Crippen molar-refractivity contribution in [2.45, 2.75) is 0 Å². The maximum atomic E-state index is 12.5. The summed E-state index contributed by atoms with van der Waals surface area (Å²) in [6.07, 6.45) is 3.27. The second kappa shape index (κ2) is 9.32. The number of hydrogen-bond acceptors (Lipinski definition) is 4. The number of nitrogens with one attached hydrogen (secondary N) is 2. The SMILES string of the molecule is O=C(Nc1ccn(-c2ccccc2)n1)c1ccc(NS(=O)(=O)/C=C/c2ccccc2)cc1. The first-order valence-corrected chi connectivity index (χ1v) is 11.3. The molecule has 8 heteroatoms. The highest BCUT2D eigenvalue weighted by Crippen LogP contribution is 2.15. The summed E-state index contributed by atoms with van der Waals surface area (Å²) in [5, 5.41) is 8.18. The zero-order valence-electron chi connectivity index (χ0n) is 16.9. The van der Waals surface area contributed by atoms with Gasteiger partial charge in [-0.2, -0.15) is 5.10 Å². The molecule has 0 aliphatic heterocycles. The van der Waals surface area contributed by atoms with Crippen LogP contribution in [-0.2, 0) is 10.0 Å². The maximum absolute atomic E-state index is 12.5. The fourth-order valence-corrected chi connectivity index (χ4v) is 3.79. The molecular formula is C24H20N4O3S. The van der Waals surface area contributed by atoms with Gasteiger partial charge < -0.3 is 5.32 Å². The molecule has 0 unspecified atom stereocenters. The van der Waals surface area contributed by atoms with Crippen molar-refractivity contribution in [2.24, 2.45) is 0 Å². The van der Waals surface area contributed by atoms with Crippen LogP contribution in [-0.4, -0.2) is 24.1 Å². The quantitative estimate of drug-likeness (QED) is 0.438. The van der Waals surface area contributed by atoms with E-state index in [9.17, 15) is 13.2 Å². The van der Waals surface area contributed by atoms with E-state index < -0.39 is 10.0 Å². The monoisotopic (exact) mass is 444 g/mol. The molecule has 0 bridgehead atoms. The highest BCUT2D eigenvalue weighted by Gasteiger charge is 2.10. The van der Waals surface area contributed by atoms with Crippen molar-refractivity contribution in [3.8, 4) is 5.69 Å². The molecule has 0 spiro atoms. The van der Waals surface area contributed by atoms with Crippen molar-refractivity contribution in [1.29, 1.82) is 0 Å². The molecule has 32 heavy (non-hydrogen) atoms. The number of aromatic nitrogens is 2. The van der Waals surface area contributed by atoms with Gasteiger partial charge in [0.1, 0.15) is 0 Å².